The molecule has 1 N–H and O–H groups in total. The van der Waals surface area contributed by atoms with E-state index in [0.717, 1.165) is 35.7 Å². The van der Waals surface area contributed by atoms with Gasteiger partial charge in [-0.15, -0.1) is 0 Å². The van der Waals surface area contributed by atoms with Gasteiger partial charge in [-0.3, -0.25) is 4.79 Å². The summed E-state index contributed by atoms with van der Waals surface area (Å²) < 4.78 is 5.74. The average Bonchev–Trinajstić information content (AvgIpc) is 3.16. The summed E-state index contributed by atoms with van der Waals surface area (Å²) in [5, 5.41) is 4.10. The van der Waals surface area contributed by atoms with Crippen LogP contribution in [-0.4, -0.2) is 59.5 Å². The van der Waals surface area contributed by atoms with Crippen LogP contribution in [0.15, 0.2) is 30.6 Å². The Kier molecular flexibility index (Phi) is 6.74. The largest absolute Gasteiger partial charge is 0.367 e. The maximum absolute atomic E-state index is 13.5. The molecule has 1 fully saturated rings. The first-order valence-corrected chi connectivity index (χ1v) is 11.3. The molecule has 1 aromatic carbocycles. The molecule has 1 aromatic heterocycles. The SMILES string of the molecule is CC(C)NC[C@H](C(=O)N1CCN(c2ncnc3c2[C@@H](C)OC3)CC1)c1ccc(Cl)cc1. The zero-order valence-electron chi connectivity index (χ0n) is 18.3. The lowest BCUT2D eigenvalue weighted by molar-refractivity contribution is -0.133. The zero-order valence-corrected chi connectivity index (χ0v) is 19.1. The molecule has 1 saturated heterocycles. The number of rotatable bonds is 6. The number of piperazine rings is 1. The normalized spacial score (nSPS) is 19.6. The highest BCUT2D eigenvalue weighted by atomic mass is 35.5. The van der Waals surface area contributed by atoms with Gasteiger partial charge in [0.2, 0.25) is 5.91 Å². The summed E-state index contributed by atoms with van der Waals surface area (Å²) in [7, 11) is 0. The summed E-state index contributed by atoms with van der Waals surface area (Å²) in [4.78, 5) is 26.6. The average molecular weight is 444 g/mol. The van der Waals surface area contributed by atoms with Crippen molar-refractivity contribution in [1.82, 2.24) is 20.2 Å². The van der Waals surface area contributed by atoms with E-state index in [9.17, 15) is 4.79 Å². The summed E-state index contributed by atoms with van der Waals surface area (Å²) in [6.45, 7) is 10.2. The Morgan fingerprint density at radius 3 is 2.58 bits per heavy atom. The molecule has 3 heterocycles. The Labute approximate surface area is 188 Å². The van der Waals surface area contributed by atoms with Crippen LogP contribution in [0.5, 0.6) is 0 Å². The second-order valence-electron chi connectivity index (χ2n) is 8.49. The minimum atomic E-state index is -0.233. The van der Waals surface area contributed by atoms with Gasteiger partial charge in [0.05, 0.1) is 24.3 Å². The van der Waals surface area contributed by atoms with E-state index in [1.807, 2.05) is 36.1 Å². The summed E-state index contributed by atoms with van der Waals surface area (Å²) >= 11 is 6.06. The fourth-order valence-corrected chi connectivity index (χ4v) is 4.37. The number of nitrogens with one attached hydrogen (secondary N) is 1. The van der Waals surface area contributed by atoms with Crippen molar-refractivity contribution in [3.63, 3.8) is 0 Å². The Morgan fingerprint density at radius 2 is 1.90 bits per heavy atom. The zero-order chi connectivity index (χ0) is 22.0. The van der Waals surface area contributed by atoms with Crippen LogP contribution in [0.25, 0.3) is 0 Å². The van der Waals surface area contributed by atoms with E-state index in [1.165, 1.54) is 0 Å². The first-order chi connectivity index (χ1) is 14.9. The Balaban J connectivity index is 1.46. The van der Waals surface area contributed by atoms with Crippen molar-refractivity contribution in [2.24, 2.45) is 0 Å². The molecule has 166 valence electrons. The van der Waals surface area contributed by atoms with Crippen molar-refractivity contribution in [2.75, 3.05) is 37.6 Å². The van der Waals surface area contributed by atoms with Gasteiger partial charge >= 0.3 is 0 Å². The van der Waals surface area contributed by atoms with Gasteiger partial charge in [-0.05, 0) is 24.6 Å². The van der Waals surface area contributed by atoms with Crippen molar-refractivity contribution in [2.45, 2.75) is 45.4 Å². The van der Waals surface area contributed by atoms with Crippen molar-refractivity contribution in [3.05, 3.63) is 52.4 Å². The van der Waals surface area contributed by atoms with Crippen molar-refractivity contribution in [3.8, 4) is 0 Å². The van der Waals surface area contributed by atoms with E-state index < -0.39 is 0 Å². The second-order valence-corrected chi connectivity index (χ2v) is 8.93. The standard InChI is InChI=1S/C23H30ClN5O2/c1-15(2)25-12-19(17-4-6-18(24)7-5-17)23(30)29-10-8-28(9-11-29)22-21-16(3)31-13-20(21)26-14-27-22/h4-7,14-16,19,25H,8-13H2,1-3H3/t16-,19+/m1/s1. The fourth-order valence-electron chi connectivity index (χ4n) is 4.25. The highest BCUT2D eigenvalue weighted by Crippen LogP contribution is 2.35. The number of ether oxygens (including phenoxy) is 1. The molecule has 0 aliphatic carbocycles. The lowest BCUT2D eigenvalue weighted by Gasteiger charge is -2.38. The molecular weight excluding hydrogens is 414 g/mol. The van der Waals surface area contributed by atoms with E-state index in [2.05, 4.69) is 34.0 Å². The lowest BCUT2D eigenvalue weighted by atomic mass is 9.96. The van der Waals surface area contributed by atoms with Crippen molar-refractivity contribution in [1.29, 1.82) is 0 Å². The summed E-state index contributed by atoms with van der Waals surface area (Å²) in [5.74, 6) is 0.862. The van der Waals surface area contributed by atoms with Crippen LogP contribution in [0.2, 0.25) is 5.02 Å². The molecule has 1 amide bonds. The first kappa shape index (κ1) is 22.0. The number of amides is 1. The van der Waals surface area contributed by atoms with Crippen LogP contribution in [0.1, 0.15) is 49.6 Å². The number of carbonyl (C=O) groups excluding carboxylic acids is 1. The van der Waals surface area contributed by atoms with Crippen LogP contribution in [0, 0.1) is 0 Å². The van der Waals surface area contributed by atoms with Gasteiger partial charge in [-0.1, -0.05) is 37.6 Å². The highest BCUT2D eigenvalue weighted by Gasteiger charge is 2.32. The predicted molar refractivity (Wildman–Crippen MR) is 121 cm³/mol. The molecule has 0 saturated carbocycles. The molecule has 2 atom stereocenters. The van der Waals surface area contributed by atoms with Gasteiger partial charge in [0.15, 0.2) is 0 Å². The molecule has 8 heteroatoms. The first-order valence-electron chi connectivity index (χ1n) is 10.9. The Hall–Kier alpha value is -2.22. The van der Waals surface area contributed by atoms with Crippen molar-refractivity contribution < 1.29 is 9.53 Å². The maximum Gasteiger partial charge on any atom is 0.231 e. The van der Waals surface area contributed by atoms with Gasteiger partial charge in [0.25, 0.3) is 0 Å². The molecule has 0 spiro atoms. The quantitative estimate of drug-likeness (QED) is 0.739. The number of anilines is 1. The Bertz CT molecular complexity index is 913. The molecule has 2 aromatic rings. The minimum Gasteiger partial charge on any atom is -0.367 e. The van der Waals surface area contributed by atoms with Crippen LogP contribution in [-0.2, 0) is 16.1 Å². The predicted octanol–water partition coefficient (Wildman–Crippen LogP) is 3.15. The van der Waals surface area contributed by atoms with Crippen LogP contribution >= 0.6 is 11.6 Å². The fraction of sp³-hybridized carbons (Fsp3) is 0.522. The molecule has 7 nitrogen and oxygen atoms in total. The Morgan fingerprint density at radius 1 is 1.19 bits per heavy atom. The van der Waals surface area contributed by atoms with E-state index in [-0.39, 0.29) is 17.9 Å². The molecular formula is C23H30ClN5O2. The molecule has 0 radical (unpaired) electrons. The molecule has 2 aliphatic rings. The molecule has 4 rings (SSSR count). The number of benzene rings is 1. The minimum absolute atomic E-state index is 0.00209. The van der Waals surface area contributed by atoms with Crippen molar-refractivity contribution >= 4 is 23.3 Å². The van der Waals surface area contributed by atoms with Gasteiger partial charge in [0.1, 0.15) is 12.1 Å². The van der Waals surface area contributed by atoms with Gasteiger partial charge in [0, 0.05) is 49.4 Å². The third kappa shape index (κ3) is 4.84. The van der Waals surface area contributed by atoms with E-state index in [1.54, 1.807) is 6.33 Å². The second kappa shape index (κ2) is 9.51. The summed E-state index contributed by atoms with van der Waals surface area (Å²) in [5.41, 5.74) is 3.05. The number of hydrogen-bond donors (Lipinski definition) is 1. The molecule has 2 aliphatic heterocycles. The number of halogens is 1. The number of hydrogen-bond acceptors (Lipinski definition) is 6. The smallest absolute Gasteiger partial charge is 0.231 e. The number of aromatic nitrogens is 2. The number of nitrogens with zero attached hydrogens (tertiary/aromatic N) is 4. The molecule has 0 unspecified atom stereocenters. The summed E-state index contributed by atoms with van der Waals surface area (Å²) in [6.07, 6.45) is 1.61. The van der Waals surface area contributed by atoms with Crippen LogP contribution in [0.3, 0.4) is 0 Å². The topological polar surface area (TPSA) is 70.6 Å². The van der Waals surface area contributed by atoms with Crippen LogP contribution < -0.4 is 10.2 Å². The van der Waals surface area contributed by atoms with E-state index >= 15 is 0 Å². The third-order valence-corrected chi connectivity index (χ3v) is 6.27. The molecule has 0 bridgehead atoms. The van der Waals surface area contributed by atoms with E-state index in [4.69, 9.17) is 16.3 Å². The number of fused-ring (bicyclic) bond motifs is 1. The lowest BCUT2D eigenvalue weighted by Crippen LogP contribution is -2.51. The van der Waals surface area contributed by atoms with Gasteiger partial charge < -0.3 is 19.9 Å². The van der Waals surface area contributed by atoms with E-state index in [0.29, 0.717) is 37.3 Å². The summed E-state index contributed by atoms with van der Waals surface area (Å²) in [6, 6.07) is 7.92. The van der Waals surface area contributed by atoms with Crippen LogP contribution in [0.4, 0.5) is 5.82 Å². The monoisotopic (exact) mass is 443 g/mol. The maximum atomic E-state index is 13.5. The highest BCUT2D eigenvalue weighted by molar-refractivity contribution is 6.30. The molecule has 31 heavy (non-hydrogen) atoms. The van der Waals surface area contributed by atoms with Gasteiger partial charge in [-0.2, -0.15) is 0 Å². The third-order valence-electron chi connectivity index (χ3n) is 6.01. The van der Waals surface area contributed by atoms with Gasteiger partial charge in [-0.25, -0.2) is 9.97 Å². The number of carbonyl (C=O) groups is 1.